The molecule has 0 amide bonds. The SMILES string of the molecule is C#CCN1CCC(Nc2ccn(CC)n2)CC1. The molecule has 0 bridgehead atoms. The van der Waals surface area contributed by atoms with Crippen molar-refractivity contribution in [2.75, 3.05) is 25.0 Å². The van der Waals surface area contributed by atoms with E-state index in [0.29, 0.717) is 6.04 Å². The zero-order valence-electron chi connectivity index (χ0n) is 10.4. The summed E-state index contributed by atoms with van der Waals surface area (Å²) in [6.07, 6.45) is 9.60. The Morgan fingerprint density at radius 3 is 2.88 bits per heavy atom. The van der Waals surface area contributed by atoms with Crippen molar-refractivity contribution < 1.29 is 0 Å². The highest BCUT2D eigenvalue weighted by atomic mass is 15.3. The molecule has 92 valence electrons. The maximum absolute atomic E-state index is 5.32. The van der Waals surface area contributed by atoms with Crippen molar-refractivity contribution in [1.29, 1.82) is 0 Å². The molecule has 0 radical (unpaired) electrons. The van der Waals surface area contributed by atoms with E-state index in [1.54, 1.807) is 0 Å². The van der Waals surface area contributed by atoms with E-state index in [-0.39, 0.29) is 0 Å². The fourth-order valence-corrected chi connectivity index (χ4v) is 2.19. The molecule has 2 heterocycles. The van der Waals surface area contributed by atoms with Crippen LogP contribution >= 0.6 is 0 Å². The van der Waals surface area contributed by atoms with Crippen LogP contribution in [0.4, 0.5) is 5.82 Å². The number of nitrogens with zero attached hydrogens (tertiary/aromatic N) is 3. The Kier molecular flexibility index (Phi) is 4.05. The Morgan fingerprint density at radius 2 is 2.29 bits per heavy atom. The van der Waals surface area contributed by atoms with Crippen molar-refractivity contribution in [3.8, 4) is 12.3 Å². The number of likely N-dealkylation sites (tertiary alicyclic amines) is 1. The smallest absolute Gasteiger partial charge is 0.148 e. The molecule has 0 spiro atoms. The lowest BCUT2D eigenvalue weighted by Gasteiger charge is -2.31. The number of hydrogen-bond acceptors (Lipinski definition) is 3. The number of nitrogens with one attached hydrogen (secondary N) is 1. The van der Waals surface area contributed by atoms with Gasteiger partial charge in [0.15, 0.2) is 0 Å². The molecule has 0 atom stereocenters. The molecule has 0 unspecified atom stereocenters. The van der Waals surface area contributed by atoms with E-state index < -0.39 is 0 Å². The molecule has 1 aliphatic heterocycles. The number of aromatic nitrogens is 2. The fourth-order valence-electron chi connectivity index (χ4n) is 2.19. The summed E-state index contributed by atoms with van der Waals surface area (Å²) in [5.74, 6) is 3.69. The number of terminal acetylenes is 1. The number of aryl methyl sites for hydroxylation is 1. The van der Waals surface area contributed by atoms with Crippen LogP contribution in [0.1, 0.15) is 19.8 Å². The van der Waals surface area contributed by atoms with Crippen LogP contribution in [-0.4, -0.2) is 40.4 Å². The summed E-state index contributed by atoms with van der Waals surface area (Å²) >= 11 is 0. The maximum atomic E-state index is 5.32. The molecule has 2 rings (SSSR count). The second-order valence-electron chi connectivity index (χ2n) is 4.46. The van der Waals surface area contributed by atoms with E-state index in [4.69, 9.17) is 6.42 Å². The summed E-state index contributed by atoms with van der Waals surface area (Å²) in [5.41, 5.74) is 0. The van der Waals surface area contributed by atoms with Crippen LogP contribution in [0.2, 0.25) is 0 Å². The molecule has 1 fully saturated rings. The quantitative estimate of drug-likeness (QED) is 0.797. The van der Waals surface area contributed by atoms with Gasteiger partial charge in [-0.05, 0) is 19.8 Å². The molecule has 17 heavy (non-hydrogen) atoms. The third-order valence-electron chi connectivity index (χ3n) is 3.22. The highest BCUT2D eigenvalue weighted by Gasteiger charge is 2.18. The molecule has 0 aliphatic carbocycles. The largest absolute Gasteiger partial charge is 0.366 e. The first kappa shape index (κ1) is 12.0. The van der Waals surface area contributed by atoms with Gasteiger partial charge >= 0.3 is 0 Å². The third kappa shape index (κ3) is 3.24. The van der Waals surface area contributed by atoms with Gasteiger partial charge in [-0.15, -0.1) is 6.42 Å². The van der Waals surface area contributed by atoms with E-state index in [1.807, 2.05) is 16.9 Å². The van der Waals surface area contributed by atoms with Crippen molar-refractivity contribution in [3.63, 3.8) is 0 Å². The number of anilines is 1. The van der Waals surface area contributed by atoms with Gasteiger partial charge < -0.3 is 5.32 Å². The van der Waals surface area contributed by atoms with E-state index in [9.17, 15) is 0 Å². The maximum Gasteiger partial charge on any atom is 0.148 e. The van der Waals surface area contributed by atoms with E-state index in [1.165, 1.54) is 0 Å². The topological polar surface area (TPSA) is 33.1 Å². The Balaban J connectivity index is 1.80. The van der Waals surface area contributed by atoms with Gasteiger partial charge in [0.1, 0.15) is 5.82 Å². The lowest BCUT2D eigenvalue weighted by Crippen LogP contribution is -2.39. The Hall–Kier alpha value is -1.47. The lowest BCUT2D eigenvalue weighted by molar-refractivity contribution is 0.243. The van der Waals surface area contributed by atoms with E-state index >= 15 is 0 Å². The van der Waals surface area contributed by atoms with Crippen LogP contribution in [0.25, 0.3) is 0 Å². The normalized spacial score (nSPS) is 17.9. The highest BCUT2D eigenvalue weighted by molar-refractivity contribution is 5.33. The van der Waals surface area contributed by atoms with Gasteiger partial charge in [-0.3, -0.25) is 9.58 Å². The van der Waals surface area contributed by atoms with E-state index in [2.05, 4.69) is 28.2 Å². The molecule has 0 aromatic carbocycles. The summed E-state index contributed by atoms with van der Waals surface area (Å²) in [6.45, 7) is 5.95. The van der Waals surface area contributed by atoms with Crippen LogP contribution in [0.5, 0.6) is 0 Å². The van der Waals surface area contributed by atoms with Crippen molar-refractivity contribution in [2.45, 2.75) is 32.4 Å². The monoisotopic (exact) mass is 232 g/mol. The molecule has 1 N–H and O–H groups in total. The molecule has 1 aromatic rings. The second-order valence-corrected chi connectivity index (χ2v) is 4.46. The Labute approximate surface area is 103 Å². The number of rotatable bonds is 4. The predicted molar refractivity (Wildman–Crippen MR) is 69.8 cm³/mol. The van der Waals surface area contributed by atoms with Crippen molar-refractivity contribution >= 4 is 5.82 Å². The minimum absolute atomic E-state index is 0.532. The van der Waals surface area contributed by atoms with Gasteiger partial charge in [0.2, 0.25) is 0 Å². The first-order valence-electron chi connectivity index (χ1n) is 6.27. The van der Waals surface area contributed by atoms with Crippen molar-refractivity contribution in [1.82, 2.24) is 14.7 Å². The lowest BCUT2D eigenvalue weighted by atomic mass is 10.1. The van der Waals surface area contributed by atoms with Crippen molar-refractivity contribution in [3.05, 3.63) is 12.3 Å². The van der Waals surface area contributed by atoms with E-state index in [0.717, 1.165) is 44.8 Å². The van der Waals surface area contributed by atoms with Crippen LogP contribution in [-0.2, 0) is 6.54 Å². The summed E-state index contributed by atoms with van der Waals surface area (Å²) in [5, 5.41) is 7.93. The van der Waals surface area contributed by atoms with Gasteiger partial charge in [-0.25, -0.2) is 0 Å². The average Bonchev–Trinajstić information content (AvgIpc) is 2.80. The standard InChI is InChI=1S/C13H20N4/c1-3-8-16-9-5-12(6-10-16)14-13-7-11-17(4-2)15-13/h1,7,11-12H,4-6,8-10H2,2H3,(H,14,15). The summed E-state index contributed by atoms with van der Waals surface area (Å²) in [4.78, 5) is 2.32. The van der Waals surface area contributed by atoms with Crippen molar-refractivity contribution in [2.24, 2.45) is 0 Å². The molecule has 4 nitrogen and oxygen atoms in total. The second kappa shape index (κ2) is 5.74. The van der Waals surface area contributed by atoms with Gasteiger partial charge in [-0.2, -0.15) is 5.10 Å². The zero-order chi connectivity index (χ0) is 12.1. The van der Waals surface area contributed by atoms with Gasteiger partial charge in [0.05, 0.1) is 6.54 Å². The molecule has 1 saturated heterocycles. The molecule has 0 saturated carbocycles. The zero-order valence-corrected chi connectivity index (χ0v) is 10.4. The third-order valence-corrected chi connectivity index (χ3v) is 3.22. The molecule has 4 heteroatoms. The Bertz CT molecular complexity index is 382. The fraction of sp³-hybridized carbons (Fsp3) is 0.615. The van der Waals surface area contributed by atoms with Gasteiger partial charge in [0, 0.05) is 37.9 Å². The first-order valence-corrected chi connectivity index (χ1v) is 6.27. The minimum atomic E-state index is 0.532. The summed E-state index contributed by atoms with van der Waals surface area (Å²) in [7, 11) is 0. The van der Waals surface area contributed by atoms with Gasteiger partial charge in [0.25, 0.3) is 0 Å². The Morgan fingerprint density at radius 1 is 1.53 bits per heavy atom. The van der Waals surface area contributed by atoms with Crippen LogP contribution in [0.15, 0.2) is 12.3 Å². The molecule has 1 aromatic heterocycles. The van der Waals surface area contributed by atoms with Gasteiger partial charge in [-0.1, -0.05) is 5.92 Å². The molecule has 1 aliphatic rings. The number of hydrogen-bond donors (Lipinski definition) is 1. The highest BCUT2D eigenvalue weighted by Crippen LogP contribution is 2.14. The molecular weight excluding hydrogens is 212 g/mol. The van der Waals surface area contributed by atoms with Crippen LogP contribution in [0.3, 0.4) is 0 Å². The number of piperidine rings is 1. The van der Waals surface area contributed by atoms with Crippen LogP contribution < -0.4 is 5.32 Å². The predicted octanol–water partition coefficient (Wildman–Crippen LogP) is 1.41. The summed E-state index contributed by atoms with van der Waals surface area (Å²) < 4.78 is 1.94. The first-order chi connectivity index (χ1) is 8.31. The molecular formula is C13H20N4. The minimum Gasteiger partial charge on any atom is -0.366 e. The summed E-state index contributed by atoms with van der Waals surface area (Å²) in [6, 6.07) is 2.57. The van der Waals surface area contributed by atoms with Crippen LogP contribution in [0, 0.1) is 12.3 Å². The average molecular weight is 232 g/mol.